The number of esters is 2. The summed E-state index contributed by atoms with van der Waals surface area (Å²) in [6.45, 7) is 3.01. The van der Waals surface area contributed by atoms with Crippen LogP contribution >= 0.6 is 0 Å². The number of hydrogen-bond donors (Lipinski definition) is 0. The van der Waals surface area contributed by atoms with Crippen molar-refractivity contribution >= 4 is 23.5 Å². The lowest BCUT2D eigenvalue weighted by Crippen LogP contribution is -2.28. The van der Waals surface area contributed by atoms with Crippen molar-refractivity contribution in [2.45, 2.75) is 123 Å². The molecule has 0 unspecified atom stereocenters. The maximum Gasteiger partial charge on any atom is 0.343 e. The Bertz CT molecular complexity index is 1690. The van der Waals surface area contributed by atoms with Crippen molar-refractivity contribution in [1.82, 2.24) is 0 Å². The Morgan fingerprint density at radius 3 is 1.69 bits per heavy atom. The standard InChI is InChI=1S/C48H61NO6/c1-3-4-5-6-7-8-9-10-11-12-13-14-15-16-17-24-35-53-43-32-29-39(30-33-43)36-46(50)49(2)42-31-34-45(55-47(51)41-27-22-19-23-28-41)44(37-42)48(52)54-38-40-25-20-18-21-26-40/h18-23,25-34,37H,3-17,24,35-36,38H2,1-2H3. The Hall–Kier alpha value is -4.91. The fourth-order valence-corrected chi connectivity index (χ4v) is 6.49. The molecule has 0 saturated heterocycles. The summed E-state index contributed by atoms with van der Waals surface area (Å²) in [4.78, 5) is 41.1. The number of amides is 1. The summed E-state index contributed by atoms with van der Waals surface area (Å²) in [5.74, 6) is -0.596. The van der Waals surface area contributed by atoms with Crippen LogP contribution in [0.2, 0.25) is 0 Å². The lowest BCUT2D eigenvalue weighted by Gasteiger charge is -2.19. The van der Waals surface area contributed by atoms with Crippen molar-refractivity contribution in [1.29, 1.82) is 0 Å². The first-order valence-electron chi connectivity index (χ1n) is 20.5. The van der Waals surface area contributed by atoms with Crippen LogP contribution in [-0.4, -0.2) is 31.5 Å². The summed E-state index contributed by atoms with van der Waals surface area (Å²) in [7, 11) is 1.65. The topological polar surface area (TPSA) is 82.1 Å². The van der Waals surface area contributed by atoms with Gasteiger partial charge in [-0.2, -0.15) is 0 Å². The first kappa shape index (κ1) is 42.8. The highest BCUT2D eigenvalue weighted by Gasteiger charge is 2.21. The average Bonchev–Trinajstić information content (AvgIpc) is 3.22. The van der Waals surface area contributed by atoms with Crippen molar-refractivity contribution in [2.24, 2.45) is 0 Å². The molecule has 0 N–H and O–H groups in total. The lowest BCUT2D eigenvalue weighted by atomic mass is 10.0. The second-order valence-corrected chi connectivity index (χ2v) is 14.4. The van der Waals surface area contributed by atoms with Gasteiger partial charge >= 0.3 is 11.9 Å². The van der Waals surface area contributed by atoms with Crippen LogP contribution < -0.4 is 14.4 Å². The van der Waals surface area contributed by atoms with Crippen LogP contribution in [-0.2, 0) is 22.6 Å². The number of carbonyl (C=O) groups is 3. The SMILES string of the molecule is CCCCCCCCCCCCCCCCCCOc1ccc(CC(=O)N(C)c2ccc(OC(=O)c3ccccc3)c(C(=O)OCc3ccccc3)c2)cc1. The Morgan fingerprint density at radius 2 is 1.11 bits per heavy atom. The fraction of sp³-hybridized carbons (Fsp3) is 0.438. The zero-order valence-corrected chi connectivity index (χ0v) is 33.1. The van der Waals surface area contributed by atoms with E-state index in [1.165, 1.54) is 113 Å². The second-order valence-electron chi connectivity index (χ2n) is 14.4. The molecule has 0 radical (unpaired) electrons. The average molecular weight is 748 g/mol. The number of hydrogen-bond acceptors (Lipinski definition) is 6. The third-order valence-electron chi connectivity index (χ3n) is 9.91. The third-order valence-corrected chi connectivity index (χ3v) is 9.91. The van der Waals surface area contributed by atoms with E-state index in [-0.39, 0.29) is 30.2 Å². The molecule has 0 spiro atoms. The van der Waals surface area contributed by atoms with Gasteiger partial charge in [0.1, 0.15) is 23.7 Å². The van der Waals surface area contributed by atoms with Crippen molar-refractivity contribution in [3.05, 3.63) is 125 Å². The molecule has 0 aliphatic heterocycles. The molecule has 0 fully saturated rings. The van der Waals surface area contributed by atoms with Gasteiger partial charge in [-0.3, -0.25) is 4.79 Å². The smallest absolute Gasteiger partial charge is 0.343 e. The molecule has 7 heteroatoms. The van der Waals surface area contributed by atoms with E-state index in [2.05, 4.69) is 6.92 Å². The first-order chi connectivity index (χ1) is 26.9. The Morgan fingerprint density at radius 1 is 0.564 bits per heavy atom. The van der Waals surface area contributed by atoms with Crippen LogP contribution in [0.15, 0.2) is 103 Å². The number of anilines is 1. The third kappa shape index (κ3) is 16.2. The van der Waals surface area contributed by atoms with Gasteiger partial charge in [0, 0.05) is 12.7 Å². The summed E-state index contributed by atoms with van der Waals surface area (Å²) in [6, 6.07) is 30.2. The summed E-state index contributed by atoms with van der Waals surface area (Å²) >= 11 is 0. The quantitative estimate of drug-likeness (QED) is 0.0361. The molecule has 0 saturated carbocycles. The van der Waals surface area contributed by atoms with E-state index in [4.69, 9.17) is 14.2 Å². The van der Waals surface area contributed by atoms with Crippen LogP contribution in [0, 0.1) is 0 Å². The minimum absolute atomic E-state index is 0.0446. The summed E-state index contributed by atoms with van der Waals surface area (Å²) in [6.07, 6.45) is 21.6. The molecule has 0 aliphatic rings. The highest BCUT2D eigenvalue weighted by Crippen LogP contribution is 2.28. The van der Waals surface area contributed by atoms with Crippen LogP contribution in [0.3, 0.4) is 0 Å². The van der Waals surface area contributed by atoms with Gasteiger partial charge < -0.3 is 19.1 Å². The number of benzene rings is 4. The first-order valence-corrected chi connectivity index (χ1v) is 20.5. The second kappa shape index (κ2) is 25.2. The van der Waals surface area contributed by atoms with Gasteiger partial charge in [0.05, 0.1) is 18.6 Å². The monoisotopic (exact) mass is 747 g/mol. The lowest BCUT2D eigenvalue weighted by molar-refractivity contribution is -0.117. The molecular formula is C48H61NO6. The predicted octanol–water partition coefficient (Wildman–Crippen LogP) is 12.1. The molecule has 4 rings (SSSR count). The molecule has 0 bridgehead atoms. The molecule has 4 aromatic rings. The van der Waals surface area contributed by atoms with Crippen LogP contribution in [0.1, 0.15) is 141 Å². The van der Waals surface area contributed by atoms with E-state index >= 15 is 0 Å². The molecule has 294 valence electrons. The van der Waals surface area contributed by atoms with E-state index in [1.807, 2.05) is 54.6 Å². The maximum absolute atomic E-state index is 13.4. The van der Waals surface area contributed by atoms with E-state index in [9.17, 15) is 14.4 Å². The van der Waals surface area contributed by atoms with Crippen LogP contribution in [0.25, 0.3) is 0 Å². The van der Waals surface area contributed by atoms with Crippen molar-refractivity contribution in [3.63, 3.8) is 0 Å². The van der Waals surface area contributed by atoms with Gasteiger partial charge in [0.15, 0.2) is 0 Å². The summed E-state index contributed by atoms with van der Waals surface area (Å²) < 4.78 is 17.2. The molecule has 1 amide bonds. The normalized spacial score (nSPS) is 10.9. The van der Waals surface area contributed by atoms with Gasteiger partial charge in [-0.05, 0) is 60.0 Å². The highest BCUT2D eigenvalue weighted by molar-refractivity contribution is 5.99. The Balaban J connectivity index is 1.18. The van der Waals surface area contributed by atoms with Crippen LogP contribution in [0.4, 0.5) is 5.69 Å². The highest BCUT2D eigenvalue weighted by atomic mass is 16.5. The Labute approximate surface area is 329 Å². The molecular weight excluding hydrogens is 687 g/mol. The number of carbonyl (C=O) groups excluding carboxylic acids is 3. The number of unbranched alkanes of at least 4 members (excludes halogenated alkanes) is 15. The molecule has 55 heavy (non-hydrogen) atoms. The van der Waals surface area contributed by atoms with Gasteiger partial charge in [-0.15, -0.1) is 0 Å². The number of nitrogens with zero attached hydrogens (tertiary/aromatic N) is 1. The van der Waals surface area contributed by atoms with E-state index in [0.29, 0.717) is 17.9 Å². The Kier molecular flexibility index (Phi) is 19.6. The van der Waals surface area contributed by atoms with Gasteiger partial charge in [0.2, 0.25) is 5.91 Å². The summed E-state index contributed by atoms with van der Waals surface area (Å²) in [5.41, 5.74) is 2.53. The number of likely N-dealkylation sites (N-methyl/N-ethyl adjacent to an activating group) is 1. The zero-order valence-electron chi connectivity index (χ0n) is 33.1. The maximum atomic E-state index is 13.4. The predicted molar refractivity (Wildman–Crippen MR) is 222 cm³/mol. The van der Waals surface area contributed by atoms with Gasteiger partial charge in [-0.1, -0.05) is 164 Å². The van der Waals surface area contributed by atoms with Crippen molar-refractivity contribution < 1.29 is 28.6 Å². The van der Waals surface area contributed by atoms with E-state index in [0.717, 1.165) is 23.3 Å². The fourth-order valence-electron chi connectivity index (χ4n) is 6.49. The minimum Gasteiger partial charge on any atom is -0.494 e. The minimum atomic E-state index is -0.669. The molecule has 0 aliphatic carbocycles. The molecule has 0 aromatic heterocycles. The molecule has 4 aromatic carbocycles. The van der Waals surface area contributed by atoms with Gasteiger partial charge in [-0.25, -0.2) is 9.59 Å². The summed E-state index contributed by atoms with van der Waals surface area (Å²) in [5, 5.41) is 0. The molecule has 0 atom stereocenters. The van der Waals surface area contributed by atoms with E-state index in [1.54, 1.807) is 43.4 Å². The van der Waals surface area contributed by atoms with E-state index < -0.39 is 11.9 Å². The van der Waals surface area contributed by atoms with Gasteiger partial charge in [0.25, 0.3) is 0 Å². The zero-order chi connectivity index (χ0) is 38.9. The van der Waals surface area contributed by atoms with Crippen LogP contribution in [0.5, 0.6) is 11.5 Å². The van der Waals surface area contributed by atoms with Crippen molar-refractivity contribution in [2.75, 3.05) is 18.6 Å². The number of rotatable bonds is 26. The molecule has 7 nitrogen and oxygen atoms in total. The molecule has 0 heterocycles. The number of ether oxygens (including phenoxy) is 3. The van der Waals surface area contributed by atoms with Crippen molar-refractivity contribution in [3.8, 4) is 11.5 Å². The largest absolute Gasteiger partial charge is 0.494 e.